The molecule has 0 amide bonds. The largest absolute Gasteiger partial charge is 0.344 e. The van der Waals surface area contributed by atoms with E-state index in [-0.39, 0.29) is 11.4 Å². The number of anilines is 1. The smallest absolute Gasteiger partial charge is 0.301 e. The van der Waals surface area contributed by atoms with E-state index in [4.69, 9.17) is 0 Å². The fourth-order valence-corrected chi connectivity index (χ4v) is 1.81. The summed E-state index contributed by atoms with van der Waals surface area (Å²) in [5.74, 6) is 0.433. The van der Waals surface area contributed by atoms with E-state index in [0.29, 0.717) is 5.84 Å². The summed E-state index contributed by atoms with van der Waals surface area (Å²) in [5, 5.41) is 24.7. The second-order valence-electron chi connectivity index (χ2n) is 4.38. The van der Waals surface area contributed by atoms with Crippen LogP contribution in [0.5, 0.6) is 0 Å². The number of hydrogen-bond acceptors (Lipinski definition) is 5. The molecule has 0 heterocycles. The molecule has 0 saturated carbocycles. The van der Waals surface area contributed by atoms with Crippen molar-refractivity contribution in [1.29, 1.82) is 0 Å². The van der Waals surface area contributed by atoms with Gasteiger partial charge in [-0.05, 0) is 25.1 Å². The summed E-state index contributed by atoms with van der Waals surface area (Å²) < 4.78 is 0. The van der Waals surface area contributed by atoms with Crippen molar-refractivity contribution in [2.75, 3.05) is 5.32 Å². The zero-order valence-electron chi connectivity index (χ0n) is 11.6. The number of nitrogens with one attached hydrogen (secondary N) is 1. The van der Waals surface area contributed by atoms with Gasteiger partial charge in [0, 0.05) is 11.8 Å². The Balaban J connectivity index is 2.33. The summed E-state index contributed by atoms with van der Waals surface area (Å²) >= 11 is 0. The third-order valence-corrected chi connectivity index (χ3v) is 2.75. The van der Waals surface area contributed by atoms with E-state index in [1.165, 1.54) is 12.1 Å². The quantitative estimate of drug-likeness (QED) is 0.401. The molecule has 8 nitrogen and oxygen atoms in total. The Morgan fingerprint density at radius 2 is 1.73 bits per heavy atom. The zero-order chi connectivity index (χ0) is 16.1. The highest BCUT2D eigenvalue weighted by Crippen LogP contribution is 2.31. The maximum Gasteiger partial charge on any atom is 0.301 e. The van der Waals surface area contributed by atoms with Gasteiger partial charge < -0.3 is 5.32 Å². The van der Waals surface area contributed by atoms with Crippen LogP contribution in [-0.4, -0.2) is 15.7 Å². The Hall–Kier alpha value is -3.29. The lowest BCUT2D eigenvalue weighted by Crippen LogP contribution is -2.06. The van der Waals surface area contributed by atoms with Gasteiger partial charge in [0.15, 0.2) is 0 Å². The Kier molecular flexibility index (Phi) is 4.42. The minimum atomic E-state index is -0.693. The van der Waals surface area contributed by atoms with Crippen molar-refractivity contribution in [2.45, 2.75) is 6.92 Å². The Bertz CT molecular complexity index is 744. The van der Waals surface area contributed by atoms with Crippen molar-refractivity contribution in [1.82, 2.24) is 0 Å². The van der Waals surface area contributed by atoms with E-state index in [2.05, 4.69) is 10.3 Å². The molecule has 2 aromatic carbocycles. The van der Waals surface area contributed by atoms with Crippen LogP contribution < -0.4 is 5.32 Å². The molecule has 0 spiro atoms. The second kappa shape index (κ2) is 6.44. The average Bonchev–Trinajstić information content (AvgIpc) is 2.48. The van der Waals surface area contributed by atoms with E-state index >= 15 is 0 Å². The molecule has 8 heteroatoms. The number of aliphatic imine (C=N–C) groups is 1. The van der Waals surface area contributed by atoms with Gasteiger partial charge in [-0.25, -0.2) is 4.99 Å². The molecule has 2 rings (SSSR count). The molecular formula is C14H12N4O4. The molecule has 22 heavy (non-hydrogen) atoms. The van der Waals surface area contributed by atoms with Crippen molar-refractivity contribution in [2.24, 2.45) is 4.99 Å². The van der Waals surface area contributed by atoms with Crippen molar-refractivity contribution < 1.29 is 9.85 Å². The van der Waals surface area contributed by atoms with Gasteiger partial charge in [-0.15, -0.1) is 0 Å². The van der Waals surface area contributed by atoms with Gasteiger partial charge >= 0.3 is 5.69 Å². The van der Waals surface area contributed by atoms with Gasteiger partial charge in [-0.1, -0.05) is 18.2 Å². The van der Waals surface area contributed by atoms with Crippen LogP contribution in [0.15, 0.2) is 53.5 Å². The zero-order valence-corrected chi connectivity index (χ0v) is 11.6. The van der Waals surface area contributed by atoms with Crippen LogP contribution in [-0.2, 0) is 0 Å². The van der Waals surface area contributed by atoms with Crippen LogP contribution in [0.3, 0.4) is 0 Å². The van der Waals surface area contributed by atoms with Crippen molar-refractivity contribution >= 4 is 28.6 Å². The van der Waals surface area contributed by atoms with Gasteiger partial charge in [-0.3, -0.25) is 20.2 Å². The molecule has 0 aliphatic rings. The average molecular weight is 300 g/mol. The topological polar surface area (TPSA) is 111 Å². The predicted molar refractivity (Wildman–Crippen MR) is 82.6 cm³/mol. The number of benzene rings is 2. The van der Waals surface area contributed by atoms with Crippen LogP contribution in [0.4, 0.5) is 22.7 Å². The summed E-state index contributed by atoms with van der Waals surface area (Å²) in [5.41, 5.74) is 0.0765. The first kappa shape index (κ1) is 15.1. The first-order valence-electron chi connectivity index (χ1n) is 6.27. The number of non-ortho nitro benzene ring substituents is 1. The molecule has 0 aliphatic carbocycles. The van der Waals surface area contributed by atoms with Gasteiger partial charge in [0.1, 0.15) is 11.5 Å². The lowest BCUT2D eigenvalue weighted by atomic mass is 10.2. The summed E-state index contributed by atoms with van der Waals surface area (Å²) in [4.78, 5) is 24.5. The van der Waals surface area contributed by atoms with E-state index in [9.17, 15) is 20.2 Å². The fourth-order valence-electron chi connectivity index (χ4n) is 1.81. The molecular weight excluding hydrogens is 288 g/mol. The first-order valence-corrected chi connectivity index (χ1v) is 6.27. The summed E-state index contributed by atoms with van der Waals surface area (Å²) in [6, 6.07) is 12.5. The van der Waals surface area contributed by atoms with Crippen LogP contribution in [0.1, 0.15) is 6.92 Å². The lowest BCUT2D eigenvalue weighted by molar-refractivity contribution is -0.393. The van der Waals surface area contributed by atoms with Crippen LogP contribution >= 0.6 is 0 Å². The van der Waals surface area contributed by atoms with E-state index < -0.39 is 15.5 Å². The number of hydrogen-bond donors (Lipinski definition) is 1. The summed E-state index contributed by atoms with van der Waals surface area (Å²) in [7, 11) is 0. The Morgan fingerprint density at radius 1 is 1.05 bits per heavy atom. The van der Waals surface area contributed by atoms with E-state index in [1.54, 1.807) is 6.92 Å². The van der Waals surface area contributed by atoms with Gasteiger partial charge in [0.25, 0.3) is 5.69 Å². The summed E-state index contributed by atoms with van der Waals surface area (Å²) in [6.07, 6.45) is 0. The highest BCUT2D eigenvalue weighted by atomic mass is 16.6. The molecule has 0 unspecified atom stereocenters. The number of nitro groups is 2. The van der Waals surface area contributed by atoms with Crippen molar-refractivity contribution in [3.63, 3.8) is 0 Å². The molecule has 0 radical (unpaired) electrons. The minimum absolute atomic E-state index is 0.0523. The maximum atomic E-state index is 11.0. The molecule has 0 aliphatic heterocycles. The second-order valence-corrected chi connectivity index (χ2v) is 4.38. The van der Waals surface area contributed by atoms with Crippen LogP contribution in [0.25, 0.3) is 0 Å². The number of nitrogens with zero attached hydrogens (tertiary/aromatic N) is 3. The Morgan fingerprint density at radius 3 is 2.32 bits per heavy atom. The number of nitro benzene ring substituents is 2. The predicted octanol–water partition coefficient (Wildman–Crippen LogP) is 3.67. The molecule has 1 N–H and O–H groups in total. The molecule has 0 bridgehead atoms. The third kappa shape index (κ3) is 3.63. The highest BCUT2D eigenvalue weighted by Gasteiger charge is 2.19. The number of amidine groups is 1. The molecule has 0 aromatic heterocycles. The summed E-state index contributed by atoms with van der Waals surface area (Å²) in [6.45, 7) is 1.65. The Labute approximate surface area is 125 Å². The van der Waals surface area contributed by atoms with E-state index in [1.807, 2.05) is 30.3 Å². The van der Waals surface area contributed by atoms with Gasteiger partial charge in [-0.2, -0.15) is 0 Å². The monoisotopic (exact) mass is 300 g/mol. The first-order chi connectivity index (χ1) is 10.5. The highest BCUT2D eigenvalue weighted by molar-refractivity contribution is 5.95. The number of rotatable bonds is 4. The van der Waals surface area contributed by atoms with Crippen molar-refractivity contribution in [3.05, 3.63) is 68.8 Å². The standard InChI is InChI=1S/C14H12N4O4/c1-10(15-11-5-3-2-4-6-11)16-13-8-7-12(17(19)20)9-14(13)18(21)22/h2-9H,1H3,(H,15,16). The van der Waals surface area contributed by atoms with Gasteiger partial charge in [0.2, 0.25) is 0 Å². The molecule has 2 aromatic rings. The van der Waals surface area contributed by atoms with Gasteiger partial charge in [0.05, 0.1) is 15.9 Å². The van der Waals surface area contributed by atoms with E-state index in [0.717, 1.165) is 11.8 Å². The molecule has 112 valence electrons. The minimum Gasteiger partial charge on any atom is -0.344 e. The number of para-hydroxylation sites is 1. The molecule has 0 atom stereocenters. The van der Waals surface area contributed by atoms with Crippen LogP contribution in [0, 0.1) is 20.2 Å². The molecule has 0 saturated heterocycles. The van der Waals surface area contributed by atoms with Crippen molar-refractivity contribution in [3.8, 4) is 0 Å². The lowest BCUT2D eigenvalue weighted by Gasteiger charge is -2.05. The fraction of sp³-hybridized carbons (Fsp3) is 0.0714. The SMILES string of the molecule is CC(=Nc1ccc([N+](=O)[O-])cc1[N+](=O)[O-])Nc1ccccc1. The normalized spacial score (nSPS) is 11.0. The van der Waals surface area contributed by atoms with Crippen LogP contribution in [0.2, 0.25) is 0 Å². The maximum absolute atomic E-state index is 11.0. The molecule has 0 fully saturated rings. The third-order valence-electron chi connectivity index (χ3n) is 2.75.